The first-order valence-corrected chi connectivity index (χ1v) is 3.73. The van der Waals surface area contributed by atoms with E-state index in [1.165, 1.54) is 18.6 Å². The maximum absolute atomic E-state index is 10.6. The fourth-order valence-electron chi connectivity index (χ4n) is 0.882. The third-order valence-electron chi connectivity index (χ3n) is 1.49. The number of rotatable bonds is 5. The van der Waals surface area contributed by atoms with Crippen molar-refractivity contribution in [1.82, 2.24) is 0 Å². The maximum Gasteiger partial charge on any atom is 0.333 e. The number of anilines is 1. The largest absolute Gasteiger partial charge is 0.480 e. The quantitative estimate of drug-likeness (QED) is 0.527. The number of carbonyl (C=O) groups is 1. The van der Waals surface area contributed by atoms with Gasteiger partial charge in [-0.1, -0.05) is 0 Å². The minimum absolute atomic E-state index is 0.402. The van der Waals surface area contributed by atoms with Crippen LogP contribution in [0.1, 0.15) is 0 Å². The second kappa shape index (κ2) is 4.26. The number of carboxylic acids is 1. The Morgan fingerprint density at radius 2 is 2.50 bits per heavy atom. The normalized spacial score (nSPS) is 12.0. The lowest BCUT2D eigenvalue weighted by Crippen LogP contribution is -2.35. The summed E-state index contributed by atoms with van der Waals surface area (Å²) in [5, 5.41) is 21.2. The molecule has 1 heterocycles. The molecule has 0 saturated heterocycles. The molecule has 1 rings (SSSR count). The van der Waals surface area contributed by atoms with Gasteiger partial charge in [0.2, 0.25) is 6.54 Å². The Hall–Kier alpha value is -2.05. The molecule has 76 valence electrons. The van der Waals surface area contributed by atoms with Crippen LogP contribution in [0.15, 0.2) is 23.0 Å². The van der Waals surface area contributed by atoms with Crippen molar-refractivity contribution in [3.63, 3.8) is 0 Å². The standard InChI is InChI=1S/C7H8N2O5/c10-7(11)6(3-9(12)13)8-5-1-2-14-4-5/h1-2,4,6,8H,3H2,(H,10,11)/t6-/m0/s1. The molecule has 0 aliphatic rings. The minimum Gasteiger partial charge on any atom is -0.480 e. The summed E-state index contributed by atoms with van der Waals surface area (Å²) in [7, 11) is 0. The Balaban J connectivity index is 2.60. The predicted octanol–water partition coefficient (Wildman–Crippen LogP) is 0.421. The summed E-state index contributed by atoms with van der Waals surface area (Å²) in [6, 6.07) is 0.234. The van der Waals surface area contributed by atoms with Gasteiger partial charge in [-0.2, -0.15) is 0 Å². The Morgan fingerprint density at radius 3 is 2.93 bits per heavy atom. The first-order chi connectivity index (χ1) is 6.59. The third kappa shape index (κ3) is 2.77. The molecular weight excluding hydrogens is 192 g/mol. The SMILES string of the molecule is O=C(O)[C@H](C[N+](=O)[O-])Nc1ccoc1. The van der Waals surface area contributed by atoms with Gasteiger partial charge in [0.1, 0.15) is 6.26 Å². The Kier molecular flexibility index (Phi) is 3.05. The van der Waals surface area contributed by atoms with E-state index in [9.17, 15) is 14.9 Å². The Morgan fingerprint density at radius 1 is 1.79 bits per heavy atom. The highest BCUT2D eigenvalue weighted by molar-refractivity contribution is 5.77. The molecule has 1 aromatic rings. The summed E-state index contributed by atoms with van der Waals surface area (Å²) in [5.41, 5.74) is 0.402. The lowest BCUT2D eigenvalue weighted by atomic mass is 10.3. The summed E-state index contributed by atoms with van der Waals surface area (Å²) in [6.45, 7) is -0.680. The molecule has 7 heteroatoms. The summed E-state index contributed by atoms with van der Waals surface area (Å²) in [6.07, 6.45) is 2.61. The van der Waals surface area contributed by atoms with Crippen molar-refractivity contribution < 1.29 is 19.2 Å². The lowest BCUT2D eigenvalue weighted by molar-refractivity contribution is -0.480. The monoisotopic (exact) mass is 200 g/mol. The molecule has 0 radical (unpaired) electrons. The first kappa shape index (κ1) is 10.0. The maximum atomic E-state index is 10.6. The zero-order valence-electron chi connectivity index (χ0n) is 7.04. The molecule has 14 heavy (non-hydrogen) atoms. The van der Waals surface area contributed by atoms with Crippen LogP contribution in [-0.4, -0.2) is 28.6 Å². The molecule has 0 fully saturated rings. The molecule has 7 nitrogen and oxygen atoms in total. The third-order valence-corrected chi connectivity index (χ3v) is 1.49. The molecule has 0 bridgehead atoms. The van der Waals surface area contributed by atoms with Gasteiger partial charge in [-0.3, -0.25) is 10.1 Å². The van der Waals surface area contributed by atoms with Crippen LogP contribution >= 0.6 is 0 Å². The number of furan rings is 1. The van der Waals surface area contributed by atoms with E-state index < -0.39 is 23.5 Å². The van der Waals surface area contributed by atoms with Gasteiger partial charge in [0.05, 0.1) is 12.0 Å². The highest BCUT2D eigenvalue weighted by atomic mass is 16.6. The summed E-state index contributed by atoms with van der Waals surface area (Å²) >= 11 is 0. The van der Waals surface area contributed by atoms with Gasteiger partial charge in [0.15, 0.2) is 6.04 Å². The number of hydrogen-bond donors (Lipinski definition) is 2. The van der Waals surface area contributed by atoms with E-state index >= 15 is 0 Å². The van der Waals surface area contributed by atoms with Crippen LogP contribution < -0.4 is 5.32 Å². The van der Waals surface area contributed by atoms with Crippen LogP contribution in [0.3, 0.4) is 0 Å². The predicted molar refractivity (Wildman–Crippen MR) is 45.6 cm³/mol. The second-order valence-electron chi connectivity index (χ2n) is 2.56. The van der Waals surface area contributed by atoms with E-state index in [2.05, 4.69) is 9.73 Å². The van der Waals surface area contributed by atoms with Gasteiger partial charge in [-0.25, -0.2) is 4.79 Å². The van der Waals surface area contributed by atoms with Crippen molar-refractivity contribution in [3.05, 3.63) is 28.7 Å². The van der Waals surface area contributed by atoms with Crippen LogP contribution in [0, 0.1) is 10.1 Å². The van der Waals surface area contributed by atoms with Crippen LogP contribution in [-0.2, 0) is 4.79 Å². The van der Waals surface area contributed by atoms with Gasteiger partial charge in [-0.15, -0.1) is 0 Å². The van der Waals surface area contributed by atoms with E-state index in [1.807, 2.05) is 0 Å². The van der Waals surface area contributed by atoms with Gasteiger partial charge in [0.25, 0.3) is 0 Å². The molecule has 0 aliphatic heterocycles. The molecular formula is C7H8N2O5. The van der Waals surface area contributed by atoms with Crippen molar-refractivity contribution >= 4 is 11.7 Å². The molecule has 1 aromatic heterocycles. The Bertz CT molecular complexity index is 321. The smallest absolute Gasteiger partial charge is 0.333 e. The van der Waals surface area contributed by atoms with E-state index in [0.29, 0.717) is 5.69 Å². The number of aliphatic carboxylic acids is 1. The Labute approximate surface area is 78.5 Å². The van der Waals surface area contributed by atoms with Crippen molar-refractivity contribution in [2.75, 3.05) is 11.9 Å². The van der Waals surface area contributed by atoms with Crippen LogP contribution in [0.2, 0.25) is 0 Å². The fraction of sp³-hybridized carbons (Fsp3) is 0.286. The zero-order chi connectivity index (χ0) is 10.6. The second-order valence-corrected chi connectivity index (χ2v) is 2.56. The van der Waals surface area contributed by atoms with E-state index in [-0.39, 0.29) is 0 Å². The molecule has 2 N–H and O–H groups in total. The van der Waals surface area contributed by atoms with Crippen molar-refractivity contribution in [2.24, 2.45) is 0 Å². The lowest BCUT2D eigenvalue weighted by Gasteiger charge is -2.08. The van der Waals surface area contributed by atoms with E-state index in [0.717, 1.165) is 0 Å². The number of nitro groups is 1. The van der Waals surface area contributed by atoms with E-state index in [4.69, 9.17) is 5.11 Å². The minimum atomic E-state index is -1.28. The topological polar surface area (TPSA) is 106 Å². The summed E-state index contributed by atoms with van der Waals surface area (Å²) in [4.78, 5) is 20.0. The zero-order valence-corrected chi connectivity index (χ0v) is 7.04. The average molecular weight is 200 g/mol. The molecule has 0 saturated carbocycles. The molecule has 0 aromatic carbocycles. The number of hydrogen-bond acceptors (Lipinski definition) is 5. The van der Waals surface area contributed by atoms with Gasteiger partial charge in [-0.05, 0) is 6.07 Å². The number of carboxylic acid groups (broad SMARTS) is 1. The molecule has 0 amide bonds. The summed E-state index contributed by atoms with van der Waals surface area (Å²) < 4.78 is 4.67. The molecule has 0 spiro atoms. The van der Waals surface area contributed by atoms with Crippen molar-refractivity contribution in [1.29, 1.82) is 0 Å². The number of nitrogens with zero attached hydrogens (tertiary/aromatic N) is 1. The van der Waals surface area contributed by atoms with Crippen LogP contribution in [0.25, 0.3) is 0 Å². The van der Waals surface area contributed by atoms with Gasteiger partial charge in [0, 0.05) is 4.92 Å². The van der Waals surface area contributed by atoms with Crippen molar-refractivity contribution in [2.45, 2.75) is 6.04 Å². The van der Waals surface area contributed by atoms with Crippen LogP contribution in [0.4, 0.5) is 5.69 Å². The molecule has 0 aliphatic carbocycles. The van der Waals surface area contributed by atoms with Crippen molar-refractivity contribution in [3.8, 4) is 0 Å². The molecule has 1 atom stereocenters. The molecule has 0 unspecified atom stereocenters. The van der Waals surface area contributed by atoms with Gasteiger partial charge >= 0.3 is 5.97 Å². The van der Waals surface area contributed by atoms with Crippen LogP contribution in [0.5, 0.6) is 0 Å². The highest BCUT2D eigenvalue weighted by Gasteiger charge is 2.23. The fourth-order valence-corrected chi connectivity index (χ4v) is 0.882. The van der Waals surface area contributed by atoms with Gasteiger partial charge < -0.3 is 14.8 Å². The first-order valence-electron chi connectivity index (χ1n) is 3.73. The highest BCUT2D eigenvalue weighted by Crippen LogP contribution is 2.08. The average Bonchev–Trinajstić information content (AvgIpc) is 2.54. The summed E-state index contributed by atoms with van der Waals surface area (Å²) in [5.74, 6) is -1.28. The number of nitrogens with one attached hydrogen (secondary N) is 1. The van der Waals surface area contributed by atoms with E-state index in [1.54, 1.807) is 0 Å².